The Bertz CT molecular complexity index is 1410. The molecule has 1 saturated heterocycles. The van der Waals surface area contributed by atoms with Crippen LogP contribution in [-0.2, 0) is 24.7 Å². The van der Waals surface area contributed by atoms with E-state index >= 15 is 0 Å². The molecule has 3 aromatic rings. The maximum Gasteiger partial charge on any atom is 0.252 e. The Morgan fingerprint density at radius 1 is 1.11 bits per heavy atom. The van der Waals surface area contributed by atoms with Crippen molar-refractivity contribution >= 4 is 76.2 Å². The number of sulfone groups is 1. The number of hydrogen-bond donors (Lipinski definition) is 0. The summed E-state index contributed by atoms with van der Waals surface area (Å²) in [4.78, 5) is 22.1. The first-order valence-corrected chi connectivity index (χ1v) is 16.1. The van der Waals surface area contributed by atoms with E-state index in [0.717, 1.165) is 6.26 Å². The second kappa shape index (κ2) is 11.4. The van der Waals surface area contributed by atoms with Crippen LogP contribution in [0.1, 0.15) is 12.8 Å². The molecule has 3 heterocycles. The predicted octanol–water partition coefficient (Wildman–Crippen LogP) is 3.18. The Morgan fingerprint density at radius 3 is 2.39 bits per heavy atom. The molecule has 9 nitrogen and oxygen atoms in total. The molecule has 0 radical (unpaired) electrons. The van der Waals surface area contributed by atoms with E-state index in [1.807, 2.05) is 19.0 Å². The zero-order chi connectivity index (χ0) is 25.4. The molecule has 0 N–H and O–H groups in total. The van der Waals surface area contributed by atoms with Gasteiger partial charge in [0, 0.05) is 38.4 Å². The molecule has 198 valence electrons. The third-order valence-electron chi connectivity index (χ3n) is 5.94. The largest absolute Gasteiger partial charge is 0.308 e. The van der Waals surface area contributed by atoms with Gasteiger partial charge in [0.25, 0.3) is 10.0 Å². The summed E-state index contributed by atoms with van der Waals surface area (Å²) < 4.78 is 52.0. The minimum absolute atomic E-state index is 0. The molecule has 0 spiro atoms. The number of nitrogens with zero attached hydrogens (tertiary/aromatic N) is 4. The lowest BCUT2D eigenvalue weighted by atomic mass is 9.96. The van der Waals surface area contributed by atoms with Crippen LogP contribution in [0.3, 0.4) is 0 Å². The van der Waals surface area contributed by atoms with Gasteiger partial charge in [-0.2, -0.15) is 4.31 Å². The first kappa shape index (κ1) is 29.0. The predicted molar refractivity (Wildman–Crippen MR) is 147 cm³/mol. The molecule has 14 heteroatoms. The van der Waals surface area contributed by atoms with Crippen LogP contribution >= 0.6 is 35.1 Å². The molecular weight excluding hydrogens is 564 g/mol. The number of amides is 1. The van der Waals surface area contributed by atoms with E-state index in [9.17, 15) is 21.6 Å². The highest BCUT2D eigenvalue weighted by Crippen LogP contribution is 2.33. The topological polar surface area (TPSA) is 108 Å². The van der Waals surface area contributed by atoms with Gasteiger partial charge in [0.15, 0.2) is 15.0 Å². The summed E-state index contributed by atoms with van der Waals surface area (Å²) in [6, 6.07) is 8.09. The van der Waals surface area contributed by atoms with Crippen LogP contribution in [0, 0.1) is 5.92 Å². The van der Waals surface area contributed by atoms with Crippen molar-refractivity contribution in [3.05, 3.63) is 35.7 Å². The number of carbonyl (C=O) groups is 1. The summed E-state index contributed by atoms with van der Waals surface area (Å²) >= 11 is 2.48. The number of aromatic nitrogens is 1. The Labute approximate surface area is 226 Å². The third-order valence-corrected chi connectivity index (χ3v) is 11.4. The lowest BCUT2D eigenvalue weighted by Crippen LogP contribution is -2.45. The van der Waals surface area contributed by atoms with E-state index < -0.39 is 19.9 Å². The van der Waals surface area contributed by atoms with Crippen LogP contribution in [0.2, 0.25) is 0 Å². The summed E-state index contributed by atoms with van der Waals surface area (Å²) in [5, 5.41) is 2.26. The van der Waals surface area contributed by atoms with Crippen LogP contribution in [-0.4, -0.2) is 83.5 Å². The Balaban J connectivity index is 0.00000361. The first-order valence-electron chi connectivity index (χ1n) is 11.1. The van der Waals surface area contributed by atoms with Crippen molar-refractivity contribution in [2.75, 3.05) is 51.4 Å². The van der Waals surface area contributed by atoms with Crippen molar-refractivity contribution in [3.8, 4) is 0 Å². The average molecular weight is 593 g/mol. The van der Waals surface area contributed by atoms with Crippen molar-refractivity contribution in [2.45, 2.75) is 21.9 Å². The van der Waals surface area contributed by atoms with Crippen LogP contribution in [0.15, 0.2) is 44.8 Å². The van der Waals surface area contributed by atoms with E-state index in [-0.39, 0.29) is 42.2 Å². The number of carbonyl (C=O) groups excluding carboxylic acids is 1. The van der Waals surface area contributed by atoms with E-state index in [1.54, 1.807) is 34.5 Å². The highest BCUT2D eigenvalue weighted by atomic mass is 35.5. The lowest BCUT2D eigenvalue weighted by molar-refractivity contribution is -0.123. The summed E-state index contributed by atoms with van der Waals surface area (Å²) in [6.45, 7) is 1.63. The van der Waals surface area contributed by atoms with Crippen molar-refractivity contribution < 1.29 is 21.6 Å². The second-order valence-corrected chi connectivity index (χ2v) is 14.9. The number of rotatable bonds is 8. The molecule has 0 bridgehead atoms. The molecule has 1 amide bonds. The molecule has 36 heavy (non-hydrogen) atoms. The second-order valence-electron chi connectivity index (χ2n) is 8.80. The van der Waals surface area contributed by atoms with Gasteiger partial charge in [0.2, 0.25) is 5.91 Å². The van der Waals surface area contributed by atoms with E-state index in [2.05, 4.69) is 4.98 Å². The minimum Gasteiger partial charge on any atom is -0.308 e. The molecule has 1 fully saturated rings. The van der Waals surface area contributed by atoms with Crippen molar-refractivity contribution in [2.24, 2.45) is 5.92 Å². The van der Waals surface area contributed by atoms with E-state index in [4.69, 9.17) is 0 Å². The van der Waals surface area contributed by atoms with Crippen LogP contribution < -0.4 is 4.90 Å². The minimum atomic E-state index is -3.53. The number of anilines is 1. The number of fused-ring (bicyclic) bond motifs is 1. The number of sulfonamides is 1. The molecule has 1 aliphatic rings. The number of piperidine rings is 1. The average Bonchev–Trinajstić information content (AvgIpc) is 3.48. The fourth-order valence-electron chi connectivity index (χ4n) is 3.94. The molecule has 0 unspecified atom stereocenters. The molecule has 0 aliphatic carbocycles. The van der Waals surface area contributed by atoms with Gasteiger partial charge in [-0.3, -0.25) is 9.69 Å². The standard InChI is InChI=1S/C22H28N4O5S4.ClH/c1-24(2)12-13-26(22-23-18-7-6-17(34(3,28)29)15-19(18)33-22)21(27)16-8-10-25(11-9-16)35(30,31)20-5-4-14-32-20;/h4-7,14-16H,8-13H2,1-3H3;1H. The lowest BCUT2D eigenvalue weighted by Gasteiger charge is -2.33. The Hall–Kier alpha value is -1.61. The smallest absolute Gasteiger partial charge is 0.252 e. The highest BCUT2D eigenvalue weighted by molar-refractivity contribution is 7.91. The summed E-state index contributed by atoms with van der Waals surface area (Å²) in [5.74, 6) is -0.395. The van der Waals surface area contributed by atoms with Crippen molar-refractivity contribution in [1.82, 2.24) is 14.2 Å². The van der Waals surface area contributed by atoms with Gasteiger partial charge in [0.05, 0.1) is 15.1 Å². The fourth-order valence-corrected chi connectivity index (χ4v) is 8.31. The zero-order valence-corrected chi connectivity index (χ0v) is 24.2. The molecule has 0 saturated carbocycles. The van der Waals surface area contributed by atoms with Gasteiger partial charge in [-0.15, -0.1) is 23.7 Å². The molecular formula is C22H29ClN4O5S4. The quantitative estimate of drug-likeness (QED) is 0.395. The number of benzene rings is 1. The van der Waals surface area contributed by atoms with Gasteiger partial charge in [-0.05, 0) is 56.6 Å². The van der Waals surface area contributed by atoms with Crippen molar-refractivity contribution in [3.63, 3.8) is 0 Å². The van der Waals surface area contributed by atoms with Crippen molar-refractivity contribution in [1.29, 1.82) is 0 Å². The van der Waals surface area contributed by atoms with Gasteiger partial charge >= 0.3 is 0 Å². The Kier molecular flexibility index (Phi) is 9.18. The zero-order valence-electron chi connectivity index (χ0n) is 20.2. The molecule has 0 atom stereocenters. The molecule has 1 aliphatic heterocycles. The summed E-state index contributed by atoms with van der Waals surface area (Å²) in [5.41, 5.74) is 0.636. The maximum absolute atomic E-state index is 13.6. The normalized spacial score (nSPS) is 15.8. The molecule has 4 rings (SSSR count). The summed E-state index contributed by atoms with van der Waals surface area (Å²) in [7, 11) is -3.04. The number of thiophene rings is 1. The highest BCUT2D eigenvalue weighted by Gasteiger charge is 2.35. The van der Waals surface area contributed by atoms with E-state index in [0.29, 0.717) is 45.5 Å². The van der Waals surface area contributed by atoms with Gasteiger partial charge in [0.1, 0.15) is 4.21 Å². The van der Waals surface area contributed by atoms with Gasteiger partial charge in [-0.25, -0.2) is 21.8 Å². The fraction of sp³-hybridized carbons (Fsp3) is 0.455. The van der Waals surface area contributed by atoms with E-state index in [1.165, 1.54) is 33.0 Å². The number of thiazole rings is 1. The molecule has 2 aromatic heterocycles. The number of likely N-dealkylation sites (N-methyl/N-ethyl adjacent to an activating group) is 1. The van der Waals surface area contributed by atoms with Crippen LogP contribution in [0.5, 0.6) is 0 Å². The monoisotopic (exact) mass is 592 g/mol. The maximum atomic E-state index is 13.6. The first-order chi connectivity index (χ1) is 16.5. The number of halogens is 1. The summed E-state index contributed by atoms with van der Waals surface area (Å²) in [6.07, 6.45) is 2.03. The number of hydrogen-bond acceptors (Lipinski definition) is 9. The van der Waals surface area contributed by atoms with Crippen LogP contribution in [0.4, 0.5) is 5.13 Å². The Morgan fingerprint density at radius 2 is 1.81 bits per heavy atom. The SMILES string of the molecule is CN(C)CCN(C(=O)C1CCN(S(=O)(=O)c2cccs2)CC1)c1nc2ccc(S(C)(=O)=O)cc2s1.Cl. The third kappa shape index (κ3) is 6.26. The van der Waals surface area contributed by atoms with Gasteiger partial charge < -0.3 is 4.90 Å². The molecule has 1 aromatic carbocycles. The van der Waals surface area contributed by atoms with Crippen LogP contribution in [0.25, 0.3) is 10.2 Å². The van der Waals surface area contributed by atoms with Gasteiger partial charge in [-0.1, -0.05) is 17.4 Å².